The number of aliphatic imine (C=N–C) groups is 1. The van der Waals surface area contributed by atoms with Crippen LogP contribution in [0, 0.1) is 5.92 Å². The van der Waals surface area contributed by atoms with Crippen LogP contribution in [0.1, 0.15) is 43.7 Å². The summed E-state index contributed by atoms with van der Waals surface area (Å²) in [5.41, 5.74) is 11.0. The quantitative estimate of drug-likeness (QED) is 0.395. The zero-order chi connectivity index (χ0) is 24.5. The molecular weight excluding hydrogens is 420 g/mol. The molecule has 3 rings (SSSR count). The monoisotopic (exact) mass is 458 g/mol. The predicted octanol–water partition coefficient (Wildman–Crippen LogP) is 5.27. The molecule has 180 valence electrons. The zero-order valence-electron chi connectivity index (χ0n) is 21.0. The van der Waals surface area contributed by atoms with Crippen LogP contribution in [-0.4, -0.2) is 54.8 Å². The number of hydrogen-bond donors (Lipinski definition) is 2. The molecule has 0 saturated heterocycles. The van der Waals surface area contributed by atoms with Crippen molar-refractivity contribution in [1.82, 2.24) is 14.9 Å². The summed E-state index contributed by atoms with van der Waals surface area (Å²) < 4.78 is 0. The van der Waals surface area contributed by atoms with Gasteiger partial charge in [-0.3, -0.25) is 4.99 Å². The molecule has 0 unspecified atom stereocenters. The Balaban J connectivity index is 1.99. The van der Waals surface area contributed by atoms with E-state index in [1.165, 1.54) is 0 Å². The normalized spacial score (nSPS) is 19.3. The van der Waals surface area contributed by atoms with Crippen LogP contribution in [0.5, 0.6) is 0 Å². The van der Waals surface area contributed by atoms with Crippen LogP contribution in [0.3, 0.4) is 0 Å². The molecule has 1 saturated carbocycles. The Labute approximate surface area is 204 Å². The topological polar surface area (TPSA) is 79.4 Å². The van der Waals surface area contributed by atoms with Crippen LogP contribution >= 0.6 is 0 Å². The van der Waals surface area contributed by atoms with Crippen molar-refractivity contribution in [2.24, 2.45) is 16.6 Å². The lowest BCUT2D eigenvalue weighted by atomic mass is 9.86. The fourth-order valence-electron chi connectivity index (χ4n) is 4.38. The first-order chi connectivity index (χ1) is 16.5. The molecule has 0 bridgehead atoms. The first-order valence-corrected chi connectivity index (χ1v) is 12.0. The number of anilines is 1. The lowest BCUT2D eigenvalue weighted by molar-refractivity contribution is 0.344. The largest absolute Gasteiger partial charge is 0.383 e. The van der Waals surface area contributed by atoms with E-state index in [1.54, 1.807) is 7.05 Å². The van der Waals surface area contributed by atoms with Crippen LogP contribution in [0.15, 0.2) is 60.4 Å². The number of rotatable bonds is 9. The minimum atomic E-state index is 0.377. The van der Waals surface area contributed by atoms with Gasteiger partial charge < -0.3 is 16.0 Å². The highest BCUT2D eigenvalue weighted by Crippen LogP contribution is 2.30. The molecule has 1 aromatic carbocycles. The molecule has 1 aromatic heterocycles. The molecule has 2 aromatic rings. The molecule has 0 amide bonds. The number of nitrogens with zero attached hydrogens (tertiary/aromatic N) is 4. The number of benzene rings is 1. The third-order valence-electron chi connectivity index (χ3n) is 6.27. The van der Waals surface area contributed by atoms with Crippen LogP contribution in [0.4, 0.5) is 5.82 Å². The Hall–Kier alpha value is -3.25. The van der Waals surface area contributed by atoms with Gasteiger partial charge in [-0.1, -0.05) is 36.9 Å². The van der Waals surface area contributed by atoms with Crippen molar-refractivity contribution in [3.05, 3.63) is 66.5 Å². The first kappa shape index (κ1) is 25.4. The lowest BCUT2D eigenvalue weighted by Crippen LogP contribution is -2.29. The summed E-state index contributed by atoms with van der Waals surface area (Å²) in [5, 5.41) is 3.72. The summed E-state index contributed by atoms with van der Waals surface area (Å²) >= 11 is 0. The van der Waals surface area contributed by atoms with Gasteiger partial charge in [0, 0.05) is 62.5 Å². The maximum absolute atomic E-state index is 5.89. The standard InChI is InChI=1S/C28H38N6/c1-6-21(17-30-3)26-18-31-27(33-28(26)32-25-13-11-20(16-29)12-14-25)24-10-8-9-23(15-24)22(7-2)19-34(4)5/h6-10,15,17-20,25H,2,11-14,16,29H2,1,3-5H3,(H,31,32,33)/b21-6+,22-19+,30-17-. The number of hydrogen-bond acceptors (Lipinski definition) is 6. The van der Waals surface area contributed by atoms with Crippen molar-refractivity contribution >= 4 is 23.2 Å². The summed E-state index contributed by atoms with van der Waals surface area (Å²) in [6, 6.07) is 8.67. The van der Waals surface area contributed by atoms with Crippen LogP contribution < -0.4 is 11.1 Å². The van der Waals surface area contributed by atoms with E-state index < -0.39 is 0 Å². The maximum Gasteiger partial charge on any atom is 0.161 e. The molecule has 0 spiro atoms. The van der Waals surface area contributed by atoms with Crippen molar-refractivity contribution in [3.63, 3.8) is 0 Å². The number of allylic oxidation sites excluding steroid dienone is 4. The zero-order valence-corrected chi connectivity index (χ0v) is 21.0. The van der Waals surface area contributed by atoms with Crippen LogP contribution in [-0.2, 0) is 0 Å². The van der Waals surface area contributed by atoms with Gasteiger partial charge in [0.2, 0.25) is 0 Å². The van der Waals surface area contributed by atoms with Gasteiger partial charge in [0.05, 0.1) is 0 Å². The van der Waals surface area contributed by atoms with Gasteiger partial charge in [-0.25, -0.2) is 9.97 Å². The fourth-order valence-corrected chi connectivity index (χ4v) is 4.38. The van der Waals surface area contributed by atoms with Gasteiger partial charge in [0.25, 0.3) is 0 Å². The lowest BCUT2D eigenvalue weighted by Gasteiger charge is -2.29. The second-order valence-electron chi connectivity index (χ2n) is 9.02. The third kappa shape index (κ3) is 6.41. The van der Waals surface area contributed by atoms with Crippen molar-refractivity contribution in [2.75, 3.05) is 33.0 Å². The Morgan fingerprint density at radius 2 is 2.00 bits per heavy atom. The highest BCUT2D eigenvalue weighted by molar-refractivity contribution is 6.11. The predicted molar refractivity (Wildman–Crippen MR) is 146 cm³/mol. The second-order valence-corrected chi connectivity index (χ2v) is 9.02. The first-order valence-electron chi connectivity index (χ1n) is 12.0. The molecule has 6 heteroatoms. The summed E-state index contributed by atoms with van der Waals surface area (Å²) in [5.74, 6) is 2.18. The van der Waals surface area contributed by atoms with Gasteiger partial charge in [-0.15, -0.1) is 0 Å². The summed E-state index contributed by atoms with van der Waals surface area (Å²) in [6.07, 6.45) is 14.2. The number of aromatic nitrogens is 2. The van der Waals surface area contributed by atoms with Crippen molar-refractivity contribution in [3.8, 4) is 11.4 Å². The molecule has 1 fully saturated rings. The molecule has 1 aliphatic carbocycles. The summed E-state index contributed by atoms with van der Waals surface area (Å²) in [7, 11) is 5.79. The number of nitrogens with two attached hydrogens (primary N) is 1. The summed E-state index contributed by atoms with van der Waals surface area (Å²) in [4.78, 5) is 16.0. The molecule has 34 heavy (non-hydrogen) atoms. The van der Waals surface area contributed by atoms with E-state index in [2.05, 4.69) is 41.3 Å². The van der Waals surface area contributed by atoms with E-state index in [4.69, 9.17) is 15.7 Å². The van der Waals surface area contributed by atoms with Gasteiger partial charge in [-0.2, -0.15) is 0 Å². The van der Waals surface area contributed by atoms with Crippen molar-refractivity contribution < 1.29 is 0 Å². The Kier molecular flexibility index (Phi) is 9.16. The van der Waals surface area contributed by atoms with Gasteiger partial charge in [0.15, 0.2) is 5.82 Å². The Morgan fingerprint density at radius 3 is 2.62 bits per heavy atom. The van der Waals surface area contributed by atoms with Crippen molar-refractivity contribution in [2.45, 2.75) is 38.6 Å². The average Bonchev–Trinajstić information content (AvgIpc) is 2.86. The van der Waals surface area contributed by atoms with Crippen LogP contribution in [0.25, 0.3) is 22.5 Å². The Bertz CT molecular complexity index is 1060. The molecule has 6 nitrogen and oxygen atoms in total. The molecule has 1 heterocycles. The van der Waals surface area contributed by atoms with Gasteiger partial charge in [-0.05, 0) is 62.3 Å². The van der Waals surface area contributed by atoms with E-state index >= 15 is 0 Å². The molecule has 1 aliphatic rings. The Morgan fingerprint density at radius 1 is 1.24 bits per heavy atom. The van der Waals surface area contributed by atoms with Crippen molar-refractivity contribution in [1.29, 1.82) is 0 Å². The molecular formula is C28H38N6. The van der Waals surface area contributed by atoms with E-state index in [1.807, 2.05) is 56.5 Å². The smallest absolute Gasteiger partial charge is 0.161 e. The minimum Gasteiger partial charge on any atom is -0.383 e. The molecule has 0 radical (unpaired) electrons. The maximum atomic E-state index is 5.89. The SMILES string of the molecule is C=C/C(=C\N(C)C)c1cccc(-c2ncc(C(/C=N\C)=C/C)c(NC3CCC(CN)CC3)n2)c1. The molecule has 0 atom stereocenters. The molecule has 3 N–H and O–H groups in total. The minimum absolute atomic E-state index is 0.377. The molecule has 0 aliphatic heterocycles. The second kappa shape index (κ2) is 12.3. The van der Waals surface area contributed by atoms with Gasteiger partial charge >= 0.3 is 0 Å². The highest BCUT2D eigenvalue weighted by atomic mass is 15.1. The van der Waals surface area contributed by atoms with E-state index in [0.717, 1.165) is 65.9 Å². The van der Waals surface area contributed by atoms with Gasteiger partial charge in [0.1, 0.15) is 5.82 Å². The third-order valence-corrected chi connectivity index (χ3v) is 6.27. The van der Waals surface area contributed by atoms with Crippen LogP contribution in [0.2, 0.25) is 0 Å². The summed E-state index contributed by atoms with van der Waals surface area (Å²) in [6.45, 7) is 6.77. The fraction of sp³-hybridized carbons (Fsp3) is 0.393. The average molecular weight is 459 g/mol. The van der Waals surface area contributed by atoms with E-state index in [-0.39, 0.29) is 0 Å². The van der Waals surface area contributed by atoms with E-state index in [0.29, 0.717) is 17.8 Å². The highest BCUT2D eigenvalue weighted by Gasteiger charge is 2.22. The number of nitrogens with one attached hydrogen (secondary N) is 1. The van der Waals surface area contributed by atoms with E-state index in [9.17, 15) is 0 Å².